The van der Waals surface area contributed by atoms with E-state index in [4.69, 9.17) is 5.73 Å². The number of allylic oxidation sites excluding steroid dienone is 2. The van der Waals surface area contributed by atoms with Gasteiger partial charge in [-0.05, 0) is 13.3 Å². The van der Waals surface area contributed by atoms with Crippen molar-refractivity contribution >= 4 is 0 Å². The molecule has 1 aliphatic carbocycles. The third-order valence-electron chi connectivity index (χ3n) is 1.47. The predicted octanol–water partition coefficient (Wildman–Crippen LogP) is 1.22. The molecule has 2 N–H and O–H groups in total. The molecule has 0 aromatic heterocycles. The molecule has 0 aromatic rings. The van der Waals surface area contributed by atoms with Crippen molar-refractivity contribution in [2.75, 3.05) is 0 Å². The van der Waals surface area contributed by atoms with E-state index >= 15 is 0 Å². The van der Waals surface area contributed by atoms with E-state index in [0.29, 0.717) is 0 Å². The lowest BCUT2D eigenvalue weighted by molar-refractivity contribution is 0.774. The second-order valence-electron chi connectivity index (χ2n) is 2.18. The Hall–Kier alpha value is -0.560. The molecule has 1 heteroatoms. The van der Waals surface area contributed by atoms with Crippen molar-refractivity contribution in [2.45, 2.75) is 19.4 Å². The Morgan fingerprint density at radius 1 is 1.75 bits per heavy atom. The van der Waals surface area contributed by atoms with Crippen LogP contribution in [0.4, 0.5) is 0 Å². The molecule has 8 heavy (non-hydrogen) atoms. The average molecular weight is 109 g/mol. The van der Waals surface area contributed by atoms with Gasteiger partial charge in [-0.15, -0.1) is 0 Å². The molecule has 0 radical (unpaired) electrons. The van der Waals surface area contributed by atoms with Gasteiger partial charge in [0, 0.05) is 6.04 Å². The Morgan fingerprint density at radius 2 is 2.50 bits per heavy atom. The standard InChI is InChI=1S/C7H11N/c1-6-4-2-3-5-7(6)8/h2-4,7H,5,8H2,1H3. The SMILES string of the molecule is CC1=CC=CCC1N. The highest BCUT2D eigenvalue weighted by Gasteiger charge is 2.02. The predicted molar refractivity (Wildman–Crippen MR) is 35.5 cm³/mol. The molecule has 0 saturated carbocycles. The first-order valence-electron chi connectivity index (χ1n) is 2.89. The Morgan fingerprint density at radius 3 is 2.88 bits per heavy atom. The highest BCUT2D eigenvalue weighted by Crippen LogP contribution is 2.08. The summed E-state index contributed by atoms with van der Waals surface area (Å²) in [6.45, 7) is 2.06. The van der Waals surface area contributed by atoms with Gasteiger partial charge in [0.05, 0.1) is 0 Å². The highest BCUT2D eigenvalue weighted by molar-refractivity contribution is 5.21. The minimum absolute atomic E-state index is 0.278. The molecule has 0 bridgehead atoms. The van der Waals surface area contributed by atoms with E-state index in [-0.39, 0.29) is 6.04 Å². The lowest BCUT2D eigenvalue weighted by Gasteiger charge is -2.11. The van der Waals surface area contributed by atoms with Gasteiger partial charge in [0.15, 0.2) is 0 Å². The largest absolute Gasteiger partial charge is 0.324 e. The fraction of sp³-hybridized carbons (Fsp3) is 0.429. The molecule has 1 nitrogen and oxygen atoms in total. The van der Waals surface area contributed by atoms with E-state index in [1.807, 2.05) is 0 Å². The van der Waals surface area contributed by atoms with E-state index < -0.39 is 0 Å². The van der Waals surface area contributed by atoms with Crippen LogP contribution in [0.15, 0.2) is 23.8 Å². The van der Waals surface area contributed by atoms with Crippen LogP contribution in [-0.2, 0) is 0 Å². The maximum absolute atomic E-state index is 5.66. The molecule has 0 heterocycles. The van der Waals surface area contributed by atoms with Crippen molar-refractivity contribution < 1.29 is 0 Å². The first-order chi connectivity index (χ1) is 3.80. The Labute approximate surface area is 49.9 Å². The summed E-state index contributed by atoms with van der Waals surface area (Å²) in [6, 6.07) is 0.278. The summed E-state index contributed by atoms with van der Waals surface area (Å²) in [4.78, 5) is 0. The van der Waals surface area contributed by atoms with Crippen LogP contribution in [0.1, 0.15) is 13.3 Å². The molecular weight excluding hydrogens is 98.1 g/mol. The molecule has 1 unspecified atom stereocenters. The van der Waals surface area contributed by atoms with Gasteiger partial charge in [0.2, 0.25) is 0 Å². The van der Waals surface area contributed by atoms with Crippen molar-refractivity contribution in [2.24, 2.45) is 5.73 Å². The van der Waals surface area contributed by atoms with Crippen LogP contribution < -0.4 is 5.73 Å². The number of rotatable bonds is 0. The topological polar surface area (TPSA) is 26.0 Å². The third kappa shape index (κ3) is 0.984. The monoisotopic (exact) mass is 109 g/mol. The van der Waals surface area contributed by atoms with Crippen LogP contribution >= 0.6 is 0 Å². The summed E-state index contributed by atoms with van der Waals surface area (Å²) >= 11 is 0. The summed E-state index contributed by atoms with van der Waals surface area (Å²) in [5.41, 5.74) is 6.94. The minimum Gasteiger partial charge on any atom is -0.324 e. The van der Waals surface area contributed by atoms with Crippen molar-refractivity contribution in [3.8, 4) is 0 Å². The fourth-order valence-electron chi connectivity index (χ4n) is 0.754. The smallest absolute Gasteiger partial charge is 0.0289 e. The summed E-state index contributed by atoms with van der Waals surface area (Å²) in [6.07, 6.45) is 7.22. The molecule has 0 aromatic carbocycles. The van der Waals surface area contributed by atoms with E-state index in [1.54, 1.807) is 0 Å². The molecule has 0 spiro atoms. The van der Waals surface area contributed by atoms with E-state index in [2.05, 4.69) is 25.2 Å². The maximum Gasteiger partial charge on any atom is 0.0289 e. The van der Waals surface area contributed by atoms with Crippen LogP contribution in [0.3, 0.4) is 0 Å². The molecule has 0 aliphatic heterocycles. The maximum atomic E-state index is 5.66. The van der Waals surface area contributed by atoms with Crippen molar-refractivity contribution in [3.05, 3.63) is 23.8 Å². The molecular formula is C7H11N. The molecule has 1 rings (SSSR count). The number of hydrogen-bond acceptors (Lipinski definition) is 1. The van der Waals surface area contributed by atoms with Crippen LogP contribution in [-0.4, -0.2) is 6.04 Å². The zero-order valence-corrected chi connectivity index (χ0v) is 5.09. The van der Waals surface area contributed by atoms with Gasteiger partial charge in [-0.25, -0.2) is 0 Å². The number of hydrogen-bond donors (Lipinski definition) is 1. The van der Waals surface area contributed by atoms with Crippen LogP contribution in [0, 0.1) is 0 Å². The molecule has 1 atom stereocenters. The van der Waals surface area contributed by atoms with Gasteiger partial charge in [0.25, 0.3) is 0 Å². The number of nitrogens with two attached hydrogens (primary N) is 1. The summed E-state index contributed by atoms with van der Waals surface area (Å²) in [7, 11) is 0. The molecule has 0 saturated heterocycles. The zero-order valence-electron chi connectivity index (χ0n) is 5.09. The Balaban J connectivity index is 2.66. The molecule has 0 fully saturated rings. The molecule has 1 aliphatic rings. The third-order valence-corrected chi connectivity index (χ3v) is 1.47. The normalized spacial score (nSPS) is 27.8. The van der Waals surface area contributed by atoms with Gasteiger partial charge in [-0.1, -0.05) is 23.8 Å². The Kier molecular flexibility index (Phi) is 1.49. The lowest BCUT2D eigenvalue weighted by atomic mass is 10.0. The van der Waals surface area contributed by atoms with Gasteiger partial charge < -0.3 is 5.73 Å². The van der Waals surface area contributed by atoms with E-state index in [0.717, 1.165) is 6.42 Å². The summed E-state index contributed by atoms with van der Waals surface area (Å²) in [5.74, 6) is 0. The van der Waals surface area contributed by atoms with Gasteiger partial charge in [-0.2, -0.15) is 0 Å². The van der Waals surface area contributed by atoms with Crippen LogP contribution in [0.25, 0.3) is 0 Å². The fourth-order valence-corrected chi connectivity index (χ4v) is 0.754. The zero-order chi connectivity index (χ0) is 5.98. The highest BCUT2D eigenvalue weighted by atomic mass is 14.6. The van der Waals surface area contributed by atoms with E-state index in [9.17, 15) is 0 Å². The summed E-state index contributed by atoms with van der Waals surface area (Å²) in [5, 5.41) is 0. The quantitative estimate of drug-likeness (QED) is 0.497. The molecule has 0 amide bonds. The second kappa shape index (κ2) is 2.14. The van der Waals surface area contributed by atoms with Crippen LogP contribution in [0.5, 0.6) is 0 Å². The first kappa shape index (κ1) is 5.57. The lowest BCUT2D eigenvalue weighted by Crippen LogP contribution is -2.21. The van der Waals surface area contributed by atoms with Gasteiger partial charge in [-0.3, -0.25) is 0 Å². The molecule has 44 valence electrons. The van der Waals surface area contributed by atoms with Crippen molar-refractivity contribution in [3.63, 3.8) is 0 Å². The van der Waals surface area contributed by atoms with E-state index in [1.165, 1.54) is 5.57 Å². The van der Waals surface area contributed by atoms with Crippen LogP contribution in [0.2, 0.25) is 0 Å². The first-order valence-corrected chi connectivity index (χ1v) is 2.89. The minimum atomic E-state index is 0.278. The van der Waals surface area contributed by atoms with Crippen molar-refractivity contribution in [1.29, 1.82) is 0 Å². The van der Waals surface area contributed by atoms with Gasteiger partial charge >= 0.3 is 0 Å². The Bertz CT molecular complexity index is 133. The summed E-state index contributed by atoms with van der Waals surface area (Å²) < 4.78 is 0. The average Bonchev–Trinajstić information content (AvgIpc) is 1.77. The second-order valence-corrected chi connectivity index (χ2v) is 2.18. The van der Waals surface area contributed by atoms with Gasteiger partial charge in [0.1, 0.15) is 0 Å². The van der Waals surface area contributed by atoms with Crippen molar-refractivity contribution in [1.82, 2.24) is 0 Å².